The van der Waals surface area contributed by atoms with E-state index in [-0.39, 0.29) is 36.6 Å². The molecule has 216 valence electrons. The zero-order valence-corrected chi connectivity index (χ0v) is 23.9. The third-order valence-corrected chi connectivity index (χ3v) is 12.8. The summed E-state index contributed by atoms with van der Waals surface area (Å²) in [5, 5.41) is 24.0. The first kappa shape index (κ1) is 26.4. The van der Waals surface area contributed by atoms with Crippen LogP contribution in [0.15, 0.2) is 36.0 Å². The summed E-state index contributed by atoms with van der Waals surface area (Å²) in [4.78, 5) is 39.9. The minimum Gasteiger partial charge on any atom is -0.462 e. The van der Waals surface area contributed by atoms with Gasteiger partial charge in [-0.15, -0.1) is 0 Å². The maximum absolute atomic E-state index is 14.5. The van der Waals surface area contributed by atoms with Crippen molar-refractivity contribution in [1.82, 2.24) is 0 Å². The smallest absolute Gasteiger partial charge is 0.334 e. The molecule has 8 nitrogen and oxygen atoms in total. The first-order valence-corrected chi connectivity index (χ1v) is 14.7. The van der Waals surface area contributed by atoms with E-state index in [2.05, 4.69) is 18.7 Å². The molecule has 0 aromatic rings. The predicted molar refractivity (Wildman–Crippen MR) is 142 cm³/mol. The normalized spacial score (nSPS) is 55.6. The van der Waals surface area contributed by atoms with Crippen molar-refractivity contribution in [3.05, 3.63) is 36.0 Å². The Morgan fingerprint density at radius 3 is 2.55 bits per heavy atom. The molecule has 0 radical (unpaired) electrons. The van der Waals surface area contributed by atoms with Gasteiger partial charge in [0.1, 0.15) is 18.3 Å². The molecule has 5 fully saturated rings. The quantitative estimate of drug-likeness (QED) is 0.220. The van der Waals surface area contributed by atoms with Crippen molar-refractivity contribution in [2.24, 2.45) is 45.8 Å². The van der Waals surface area contributed by atoms with Crippen molar-refractivity contribution < 1.29 is 38.8 Å². The number of carbonyl (C=O) groups excluding carboxylic acids is 3. The van der Waals surface area contributed by atoms with Crippen LogP contribution in [0.4, 0.5) is 0 Å². The van der Waals surface area contributed by atoms with Gasteiger partial charge in [-0.2, -0.15) is 0 Å². The fraction of sp³-hybridized carbons (Fsp3) is 0.719. The van der Waals surface area contributed by atoms with Crippen LogP contribution in [0.3, 0.4) is 0 Å². The Morgan fingerprint density at radius 2 is 1.85 bits per heavy atom. The second-order valence-electron chi connectivity index (χ2n) is 14.5. The lowest BCUT2D eigenvalue weighted by Crippen LogP contribution is -2.53. The minimum absolute atomic E-state index is 0.180. The fourth-order valence-corrected chi connectivity index (χ4v) is 11.0. The third-order valence-electron chi connectivity index (χ3n) is 12.8. The van der Waals surface area contributed by atoms with E-state index in [1.807, 2.05) is 26.8 Å². The van der Waals surface area contributed by atoms with Gasteiger partial charge in [0.2, 0.25) is 0 Å². The van der Waals surface area contributed by atoms with Crippen LogP contribution in [-0.2, 0) is 28.6 Å². The van der Waals surface area contributed by atoms with Crippen molar-refractivity contribution in [3.63, 3.8) is 0 Å². The Bertz CT molecular complexity index is 1310. The van der Waals surface area contributed by atoms with Crippen LogP contribution in [0.25, 0.3) is 0 Å². The Labute approximate surface area is 234 Å². The maximum atomic E-state index is 14.5. The van der Waals surface area contributed by atoms with Crippen LogP contribution < -0.4 is 0 Å². The standard InChI is InChI=1S/C32H40O8/c1-15-7-8-19-21(15)24-22(20(38-17(3)33)13-29(19,5)36)32(27(35)40-24)14-31-12-11-28(32,4)25(31)23-18(9-10-30(31,6)37)16(2)26(34)39-23/h7,11-12,18-25,36-37H,2,8-10,13-14H2,1,3-6H3/t18-,19+,20+,21-,22-,23-,24-,25-,28+,29-,30+,31-,32+/m1/s1. The van der Waals surface area contributed by atoms with Crippen molar-refractivity contribution in [3.8, 4) is 0 Å². The van der Waals surface area contributed by atoms with E-state index in [1.165, 1.54) is 6.92 Å². The van der Waals surface area contributed by atoms with Crippen LogP contribution in [-0.4, -0.2) is 57.6 Å². The van der Waals surface area contributed by atoms with Gasteiger partial charge < -0.3 is 24.4 Å². The fourth-order valence-electron chi connectivity index (χ4n) is 11.0. The lowest BCUT2D eigenvalue weighted by molar-refractivity contribution is -0.165. The monoisotopic (exact) mass is 552 g/mol. The number of ether oxygens (including phenoxy) is 3. The number of allylic oxidation sites excluding steroid dienone is 2. The summed E-state index contributed by atoms with van der Waals surface area (Å²) >= 11 is 0. The molecule has 1 spiro atoms. The number of fused-ring (bicyclic) bond motifs is 6. The van der Waals surface area contributed by atoms with Gasteiger partial charge in [-0.05, 0) is 46.5 Å². The topological polar surface area (TPSA) is 119 Å². The highest BCUT2D eigenvalue weighted by molar-refractivity contribution is 5.91. The van der Waals surface area contributed by atoms with Crippen LogP contribution >= 0.6 is 0 Å². The number of hydrogen-bond acceptors (Lipinski definition) is 8. The first-order chi connectivity index (χ1) is 18.6. The molecule has 7 aliphatic rings. The van der Waals surface area contributed by atoms with E-state index in [4.69, 9.17) is 14.2 Å². The van der Waals surface area contributed by atoms with Crippen LogP contribution in [0.5, 0.6) is 0 Å². The molecule has 2 aliphatic heterocycles. The van der Waals surface area contributed by atoms with E-state index in [0.717, 1.165) is 5.57 Å². The lowest BCUT2D eigenvalue weighted by Gasteiger charge is -2.46. The summed E-state index contributed by atoms with van der Waals surface area (Å²) < 4.78 is 18.5. The Kier molecular flexibility index (Phi) is 5.08. The molecule has 0 amide bonds. The summed E-state index contributed by atoms with van der Waals surface area (Å²) in [6.07, 6.45) is 6.43. The highest BCUT2D eigenvalue weighted by Crippen LogP contribution is 2.80. The zero-order valence-electron chi connectivity index (χ0n) is 23.9. The summed E-state index contributed by atoms with van der Waals surface area (Å²) in [6, 6.07) is 0. The average molecular weight is 553 g/mol. The minimum atomic E-state index is -1.19. The molecule has 8 heteroatoms. The number of esters is 3. The highest BCUT2D eigenvalue weighted by atomic mass is 16.6. The molecule has 2 heterocycles. The van der Waals surface area contributed by atoms with Gasteiger partial charge in [0.15, 0.2) is 0 Å². The molecule has 0 aromatic carbocycles. The SMILES string of the molecule is C=C1C(=O)O[C@@H]2[C@@H]1CC[C@](C)(O)[C@@]13C=C[C@@](C)([C@@H]21)[C@]1(C3)C(=O)O[C@@H]2[C@@H]3C(C)=CC[C@@H]3[C@](C)(O)C[C@H](OC(C)=O)[C@H]21. The molecule has 2 saturated heterocycles. The van der Waals surface area contributed by atoms with Crippen molar-refractivity contribution in [2.45, 2.75) is 96.2 Å². The second kappa shape index (κ2) is 7.68. The van der Waals surface area contributed by atoms with Gasteiger partial charge in [-0.1, -0.05) is 37.3 Å². The molecule has 0 unspecified atom stereocenters. The van der Waals surface area contributed by atoms with Gasteiger partial charge in [0.05, 0.1) is 22.5 Å². The van der Waals surface area contributed by atoms with Gasteiger partial charge in [-0.3, -0.25) is 9.59 Å². The Balaban J connectivity index is 1.45. The molecule has 2 bridgehead atoms. The summed E-state index contributed by atoms with van der Waals surface area (Å²) in [5.41, 5.74) is -3.74. The second-order valence-corrected chi connectivity index (χ2v) is 14.5. The molecule has 0 aromatic heterocycles. The van der Waals surface area contributed by atoms with E-state index in [9.17, 15) is 24.6 Å². The number of rotatable bonds is 1. The largest absolute Gasteiger partial charge is 0.462 e. The van der Waals surface area contributed by atoms with E-state index in [1.54, 1.807) is 6.92 Å². The van der Waals surface area contributed by atoms with Gasteiger partial charge in [-0.25, -0.2) is 4.79 Å². The van der Waals surface area contributed by atoms with E-state index >= 15 is 0 Å². The van der Waals surface area contributed by atoms with Gasteiger partial charge >= 0.3 is 17.9 Å². The summed E-state index contributed by atoms with van der Waals surface area (Å²) in [6.45, 7) is 13.1. The summed E-state index contributed by atoms with van der Waals surface area (Å²) in [7, 11) is 0. The molecular formula is C32H40O8. The molecule has 13 atom stereocenters. The van der Waals surface area contributed by atoms with Crippen molar-refractivity contribution in [2.75, 3.05) is 0 Å². The number of hydrogen-bond donors (Lipinski definition) is 2. The van der Waals surface area contributed by atoms with Crippen molar-refractivity contribution >= 4 is 17.9 Å². The van der Waals surface area contributed by atoms with Crippen LogP contribution in [0, 0.1) is 45.8 Å². The highest BCUT2D eigenvalue weighted by Gasteiger charge is 2.84. The van der Waals surface area contributed by atoms with E-state index < -0.39 is 69.5 Å². The van der Waals surface area contributed by atoms with Crippen molar-refractivity contribution in [1.29, 1.82) is 0 Å². The molecule has 2 N–H and O–H groups in total. The zero-order chi connectivity index (χ0) is 28.8. The maximum Gasteiger partial charge on any atom is 0.334 e. The third kappa shape index (κ3) is 2.83. The number of carbonyl (C=O) groups is 3. The summed E-state index contributed by atoms with van der Waals surface area (Å²) in [5.74, 6) is -2.84. The predicted octanol–water partition coefficient (Wildman–Crippen LogP) is 3.41. The Hall–Kier alpha value is -2.45. The average Bonchev–Trinajstić information content (AvgIpc) is 3.56. The van der Waals surface area contributed by atoms with Gasteiger partial charge in [0, 0.05) is 53.4 Å². The number of aliphatic hydroxyl groups is 2. The van der Waals surface area contributed by atoms with Gasteiger partial charge in [0.25, 0.3) is 0 Å². The molecule has 5 aliphatic carbocycles. The van der Waals surface area contributed by atoms with E-state index in [0.29, 0.717) is 24.8 Å². The van der Waals surface area contributed by atoms with Crippen LogP contribution in [0.2, 0.25) is 0 Å². The lowest BCUT2D eigenvalue weighted by atomic mass is 9.54. The Morgan fingerprint density at radius 1 is 1.12 bits per heavy atom. The van der Waals surface area contributed by atoms with Crippen LogP contribution in [0.1, 0.15) is 66.7 Å². The molecule has 3 saturated carbocycles. The molecule has 7 rings (SSSR count). The molecule has 40 heavy (non-hydrogen) atoms. The first-order valence-electron chi connectivity index (χ1n) is 14.7. The molecular weight excluding hydrogens is 512 g/mol.